The molecule has 1 fully saturated rings. The summed E-state index contributed by atoms with van der Waals surface area (Å²) in [6, 6.07) is 0. The maximum atomic E-state index is 12.3. The van der Waals surface area contributed by atoms with Gasteiger partial charge in [0.2, 0.25) is 4.75 Å². The summed E-state index contributed by atoms with van der Waals surface area (Å²) in [7, 11) is 0. The second kappa shape index (κ2) is 4.12. The van der Waals surface area contributed by atoms with Gasteiger partial charge in [-0.05, 0) is 19.4 Å². The predicted octanol–water partition coefficient (Wildman–Crippen LogP) is 0.193. The third-order valence-electron chi connectivity index (χ3n) is 3.32. The maximum Gasteiger partial charge on any atom is 0.339 e. The number of carbonyl (C=O) groups is 5. The van der Waals surface area contributed by atoms with Crippen molar-refractivity contribution >= 4 is 40.4 Å². The molecule has 2 aliphatic rings. The fraction of sp³-hybridized carbons (Fsp3) is 0.417. The van der Waals surface area contributed by atoms with Crippen molar-refractivity contribution < 1.29 is 28.7 Å². The summed E-state index contributed by atoms with van der Waals surface area (Å²) in [6.07, 6.45) is 0. The van der Waals surface area contributed by atoms with Gasteiger partial charge in [0, 0.05) is 12.5 Å². The Morgan fingerprint density at radius 3 is 2.26 bits per heavy atom. The molecule has 0 saturated carbocycles. The molecule has 1 saturated heterocycles. The molecule has 6 nitrogen and oxygen atoms in total. The molecule has 2 unspecified atom stereocenters. The van der Waals surface area contributed by atoms with Crippen LogP contribution in [0.2, 0.25) is 0 Å². The number of rotatable bonds is 1. The Labute approximate surface area is 112 Å². The molecule has 0 aromatic heterocycles. The smallest absolute Gasteiger partial charge is 0.339 e. The van der Waals surface area contributed by atoms with Crippen LogP contribution in [0.3, 0.4) is 0 Å². The van der Waals surface area contributed by atoms with Crippen molar-refractivity contribution in [3.63, 3.8) is 0 Å². The van der Waals surface area contributed by atoms with Crippen LogP contribution in [0.1, 0.15) is 20.8 Å². The second-order valence-corrected chi connectivity index (χ2v) is 5.84. The highest BCUT2D eigenvalue weighted by Crippen LogP contribution is 2.47. The highest BCUT2D eigenvalue weighted by Gasteiger charge is 2.69. The van der Waals surface area contributed by atoms with E-state index in [2.05, 4.69) is 4.74 Å². The molecule has 100 valence electrons. The van der Waals surface area contributed by atoms with E-state index < -0.39 is 39.3 Å². The van der Waals surface area contributed by atoms with Gasteiger partial charge in [-0.2, -0.15) is 0 Å². The fourth-order valence-corrected chi connectivity index (χ4v) is 3.39. The summed E-state index contributed by atoms with van der Waals surface area (Å²) < 4.78 is 2.36. The Hall–Kier alpha value is -1.76. The SMILES string of the molecule is CC(=O)SC12C(=O)OC(=O)C1C(=O)C(C)=C(C)C2=O. The lowest BCUT2D eigenvalue weighted by molar-refractivity contribution is -0.153. The Morgan fingerprint density at radius 2 is 1.74 bits per heavy atom. The molecule has 2 rings (SSSR count). The average Bonchev–Trinajstić information content (AvgIpc) is 2.56. The second-order valence-electron chi connectivity index (χ2n) is 4.41. The number of thioether (sulfide) groups is 1. The highest BCUT2D eigenvalue weighted by atomic mass is 32.2. The first-order valence-corrected chi connectivity index (χ1v) is 6.27. The lowest BCUT2D eigenvalue weighted by atomic mass is 9.75. The molecule has 19 heavy (non-hydrogen) atoms. The fourth-order valence-electron chi connectivity index (χ4n) is 2.25. The van der Waals surface area contributed by atoms with Crippen molar-refractivity contribution in [2.45, 2.75) is 25.5 Å². The number of hydrogen-bond donors (Lipinski definition) is 0. The monoisotopic (exact) mass is 282 g/mol. The number of allylic oxidation sites excluding steroid dienone is 2. The Balaban J connectivity index is 2.72. The van der Waals surface area contributed by atoms with Gasteiger partial charge in [-0.1, -0.05) is 11.8 Å². The van der Waals surface area contributed by atoms with Crippen LogP contribution in [0.25, 0.3) is 0 Å². The largest absolute Gasteiger partial charge is 0.391 e. The van der Waals surface area contributed by atoms with E-state index >= 15 is 0 Å². The molecule has 1 aliphatic heterocycles. The van der Waals surface area contributed by atoms with Crippen molar-refractivity contribution in [2.24, 2.45) is 5.92 Å². The topological polar surface area (TPSA) is 94.6 Å². The van der Waals surface area contributed by atoms with Gasteiger partial charge in [-0.15, -0.1) is 0 Å². The van der Waals surface area contributed by atoms with Gasteiger partial charge in [0.1, 0.15) is 0 Å². The van der Waals surface area contributed by atoms with E-state index in [0.29, 0.717) is 11.8 Å². The first-order chi connectivity index (χ1) is 8.73. The standard InChI is InChI=1S/C12H10O6S/c1-4-5(2)9(15)12(19-6(3)13)7(8(4)14)10(16)18-11(12)17/h7H,1-3H3. The first kappa shape index (κ1) is 13.7. The Bertz CT molecular complexity index is 587. The van der Waals surface area contributed by atoms with Crippen molar-refractivity contribution in [1.29, 1.82) is 0 Å². The number of ether oxygens (including phenoxy) is 1. The van der Waals surface area contributed by atoms with Crippen molar-refractivity contribution in [3.8, 4) is 0 Å². The maximum absolute atomic E-state index is 12.3. The van der Waals surface area contributed by atoms with E-state index in [9.17, 15) is 24.0 Å². The number of carbonyl (C=O) groups excluding carboxylic acids is 5. The number of fused-ring (bicyclic) bond motifs is 1. The molecular formula is C12H10O6S. The third-order valence-corrected chi connectivity index (χ3v) is 4.51. The van der Waals surface area contributed by atoms with Gasteiger partial charge in [-0.3, -0.25) is 19.2 Å². The molecule has 0 aromatic rings. The molecule has 0 amide bonds. The number of hydrogen-bond acceptors (Lipinski definition) is 7. The number of ketones is 2. The molecule has 0 spiro atoms. The van der Waals surface area contributed by atoms with Gasteiger partial charge in [-0.25, -0.2) is 4.79 Å². The van der Waals surface area contributed by atoms with Crippen LogP contribution in [0.5, 0.6) is 0 Å². The molecule has 0 N–H and O–H groups in total. The minimum atomic E-state index is -2.07. The zero-order chi connectivity index (χ0) is 14.5. The average molecular weight is 282 g/mol. The molecule has 7 heteroatoms. The van der Waals surface area contributed by atoms with E-state index in [-0.39, 0.29) is 11.1 Å². The Morgan fingerprint density at radius 1 is 1.16 bits per heavy atom. The molecule has 1 heterocycles. The molecule has 0 bridgehead atoms. The van der Waals surface area contributed by atoms with Gasteiger partial charge in [0.15, 0.2) is 22.6 Å². The number of esters is 2. The summed E-state index contributed by atoms with van der Waals surface area (Å²) in [5, 5.41) is -0.537. The summed E-state index contributed by atoms with van der Waals surface area (Å²) in [5.74, 6) is -5.09. The quantitative estimate of drug-likeness (QED) is 0.500. The predicted molar refractivity (Wildman–Crippen MR) is 64.0 cm³/mol. The summed E-state index contributed by atoms with van der Waals surface area (Å²) >= 11 is 0.384. The van der Waals surface area contributed by atoms with Crippen LogP contribution in [-0.4, -0.2) is 33.4 Å². The number of Topliss-reactive ketones (excluding diaryl/α,β-unsaturated/α-hetero) is 2. The first-order valence-electron chi connectivity index (χ1n) is 5.45. The third kappa shape index (κ3) is 1.61. The van der Waals surface area contributed by atoms with Crippen molar-refractivity contribution in [1.82, 2.24) is 0 Å². The minimum absolute atomic E-state index is 0.0849. The molecule has 0 radical (unpaired) electrons. The zero-order valence-corrected chi connectivity index (χ0v) is 11.3. The summed E-state index contributed by atoms with van der Waals surface area (Å²) in [4.78, 5) is 59.3. The van der Waals surface area contributed by atoms with E-state index in [1.54, 1.807) is 0 Å². The van der Waals surface area contributed by atoms with E-state index in [1.807, 2.05) is 0 Å². The van der Waals surface area contributed by atoms with Crippen LogP contribution >= 0.6 is 11.8 Å². The lowest BCUT2D eigenvalue weighted by Crippen LogP contribution is -2.53. The van der Waals surface area contributed by atoms with Crippen LogP contribution < -0.4 is 0 Å². The number of cyclic esters (lactones) is 2. The normalized spacial score (nSPS) is 30.6. The lowest BCUT2D eigenvalue weighted by Gasteiger charge is -2.30. The van der Waals surface area contributed by atoms with Crippen LogP contribution in [0.4, 0.5) is 0 Å². The molecular weight excluding hydrogens is 272 g/mol. The van der Waals surface area contributed by atoms with E-state index in [0.717, 1.165) is 6.92 Å². The van der Waals surface area contributed by atoms with Gasteiger partial charge in [0.05, 0.1) is 0 Å². The molecule has 0 aromatic carbocycles. The Kier molecular flexibility index (Phi) is 2.97. The molecule has 2 atom stereocenters. The van der Waals surface area contributed by atoms with Crippen LogP contribution in [0.15, 0.2) is 11.1 Å². The molecule has 1 aliphatic carbocycles. The van der Waals surface area contributed by atoms with Crippen LogP contribution in [0, 0.1) is 5.92 Å². The van der Waals surface area contributed by atoms with Crippen LogP contribution in [-0.2, 0) is 28.7 Å². The van der Waals surface area contributed by atoms with Crippen molar-refractivity contribution in [3.05, 3.63) is 11.1 Å². The van der Waals surface area contributed by atoms with Crippen molar-refractivity contribution in [2.75, 3.05) is 0 Å². The highest BCUT2D eigenvalue weighted by molar-refractivity contribution is 8.16. The summed E-state index contributed by atoms with van der Waals surface area (Å²) in [6.45, 7) is 3.96. The van der Waals surface area contributed by atoms with Gasteiger partial charge < -0.3 is 4.74 Å². The van der Waals surface area contributed by atoms with Gasteiger partial charge >= 0.3 is 11.9 Å². The van der Waals surface area contributed by atoms with E-state index in [4.69, 9.17) is 0 Å². The minimum Gasteiger partial charge on any atom is -0.391 e. The van der Waals surface area contributed by atoms with E-state index in [1.165, 1.54) is 13.8 Å². The zero-order valence-electron chi connectivity index (χ0n) is 10.4. The summed E-state index contributed by atoms with van der Waals surface area (Å²) in [5.41, 5.74) is 0.211. The van der Waals surface area contributed by atoms with Gasteiger partial charge in [0.25, 0.3) is 0 Å².